The van der Waals surface area contributed by atoms with Crippen molar-refractivity contribution in [3.63, 3.8) is 0 Å². The van der Waals surface area contributed by atoms with Crippen molar-refractivity contribution in [3.8, 4) is 0 Å². The molecule has 0 aromatic heterocycles. The summed E-state index contributed by atoms with van der Waals surface area (Å²) in [4.78, 5) is 23.3. The molecule has 0 unspecified atom stereocenters. The summed E-state index contributed by atoms with van der Waals surface area (Å²) < 4.78 is 24.2. The number of Topliss-reactive ketones (excluding diaryl/α,β-unsaturated/α-hetero) is 1. The van der Waals surface area contributed by atoms with E-state index in [-0.39, 0.29) is 35.2 Å². The van der Waals surface area contributed by atoms with Gasteiger partial charge in [-0.2, -0.15) is 0 Å². The summed E-state index contributed by atoms with van der Waals surface area (Å²) in [5.74, 6) is -0.374. The summed E-state index contributed by atoms with van der Waals surface area (Å²) in [6.45, 7) is 1.47. The zero-order chi connectivity index (χ0) is 17.6. The molecule has 0 heterocycles. The monoisotopic (exact) mass is 345 g/mol. The third kappa shape index (κ3) is 5.03. The first kappa shape index (κ1) is 17.9. The van der Waals surface area contributed by atoms with Gasteiger partial charge in [-0.15, -0.1) is 0 Å². The molecule has 0 saturated heterocycles. The minimum atomic E-state index is -3.36. The maximum absolute atomic E-state index is 12.1. The number of hydrogen-bond acceptors (Lipinski definition) is 4. The Kier molecular flexibility index (Phi) is 5.87. The fourth-order valence-electron chi connectivity index (χ4n) is 2.18. The molecule has 2 rings (SSSR count). The number of benzene rings is 2. The molecule has 126 valence electrons. The van der Waals surface area contributed by atoms with Crippen LogP contribution in [0.3, 0.4) is 0 Å². The Hall–Kier alpha value is -2.47. The second-order valence-corrected chi connectivity index (χ2v) is 7.53. The maximum atomic E-state index is 12.1. The summed E-state index contributed by atoms with van der Waals surface area (Å²) in [5, 5.41) is 2.69. The number of amides is 1. The van der Waals surface area contributed by atoms with Gasteiger partial charge in [0.2, 0.25) is 5.91 Å². The molecule has 24 heavy (non-hydrogen) atoms. The van der Waals surface area contributed by atoms with Gasteiger partial charge in [0.15, 0.2) is 15.6 Å². The van der Waals surface area contributed by atoms with Crippen LogP contribution in [0.15, 0.2) is 59.5 Å². The van der Waals surface area contributed by atoms with Gasteiger partial charge in [0.25, 0.3) is 0 Å². The van der Waals surface area contributed by atoms with Crippen LogP contribution in [0.1, 0.15) is 30.1 Å². The van der Waals surface area contributed by atoms with Crippen molar-refractivity contribution in [2.24, 2.45) is 0 Å². The van der Waals surface area contributed by atoms with Crippen LogP contribution in [0.25, 0.3) is 0 Å². The predicted molar refractivity (Wildman–Crippen MR) is 92.8 cm³/mol. The van der Waals surface area contributed by atoms with E-state index < -0.39 is 9.84 Å². The van der Waals surface area contributed by atoms with Crippen LogP contribution in [0, 0.1) is 0 Å². The zero-order valence-corrected chi connectivity index (χ0v) is 14.2. The smallest absolute Gasteiger partial charge is 0.224 e. The maximum Gasteiger partial charge on any atom is 0.224 e. The van der Waals surface area contributed by atoms with Crippen LogP contribution in [0.4, 0.5) is 5.69 Å². The van der Waals surface area contributed by atoms with E-state index in [9.17, 15) is 18.0 Å². The Labute approximate surface area is 141 Å². The molecular formula is C18H19NO4S. The van der Waals surface area contributed by atoms with Gasteiger partial charge < -0.3 is 5.32 Å². The van der Waals surface area contributed by atoms with E-state index in [1.807, 2.05) is 0 Å². The van der Waals surface area contributed by atoms with Gasteiger partial charge in [-0.1, -0.05) is 18.2 Å². The minimum absolute atomic E-state index is 0.0426. The fourth-order valence-corrected chi connectivity index (χ4v) is 3.51. The Morgan fingerprint density at radius 3 is 2.17 bits per heavy atom. The molecule has 0 atom stereocenters. The summed E-state index contributed by atoms with van der Waals surface area (Å²) in [7, 11) is -3.36. The molecule has 1 N–H and O–H groups in total. The Balaban J connectivity index is 1.84. The van der Waals surface area contributed by atoms with E-state index in [1.54, 1.807) is 54.6 Å². The quantitative estimate of drug-likeness (QED) is 0.782. The van der Waals surface area contributed by atoms with Crippen LogP contribution in [0.5, 0.6) is 0 Å². The molecule has 0 bridgehead atoms. The number of nitrogens with one attached hydrogen (secondary N) is 1. The van der Waals surface area contributed by atoms with Crippen molar-refractivity contribution >= 4 is 27.2 Å². The molecule has 0 aliphatic carbocycles. The number of rotatable bonds is 7. The van der Waals surface area contributed by atoms with Gasteiger partial charge in [-0.3, -0.25) is 9.59 Å². The van der Waals surface area contributed by atoms with Gasteiger partial charge in [0, 0.05) is 17.7 Å². The van der Waals surface area contributed by atoms with E-state index >= 15 is 0 Å². The lowest BCUT2D eigenvalue weighted by Crippen LogP contribution is -2.14. The third-order valence-corrected chi connectivity index (χ3v) is 5.31. The SMILES string of the molecule is CC(=O)c1ccc(NC(=O)CCCS(=O)(=O)c2ccccc2)cc1. The fraction of sp³-hybridized carbons (Fsp3) is 0.222. The average molecular weight is 345 g/mol. The first-order valence-electron chi connectivity index (χ1n) is 7.57. The lowest BCUT2D eigenvalue weighted by molar-refractivity contribution is -0.116. The molecule has 0 aliphatic heterocycles. The Morgan fingerprint density at radius 1 is 0.958 bits per heavy atom. The van der Waals surface area contributed by atoms with E-state index in [2.05, 4.69) is 5.32 Å². The number of hydrogen-bond donors (Lipinski definition) is 1. The minimum Gasteiger partial charge on any atom is -0.326 e. The lowest BCUT2D eigenvalue weighted by atomic mass is 10.1. The number of carbonyl (C=O) groups excluding carboxylic acids is 2. The zero-order valence-electron chi connectivity index (χ0n) is 13.4. The van der Waals surface area contributed by atoms with E-state index in [1.165, 1.54) is 6.92 Å². The van der Waals surface area contributed by atoms with Crippen molar-refractivity contribution in [1.29, 1.82) is 0 Å². The highest BCUT2D eigenvalue weighted by Crippen LogP contribution is 2.13. The van der Waals surface area contributed by atoms with Gasteiger partial charge in [-0.05, 0) is 49.7 Å². The average Bonchev–Trinajstić information content (AvgIpc) is 2.56. The van der Waals surface area contributed by atoms with Crippen molar-refractivity contribution < 1.29 is 18.0 Å². The summed E-state index contributed by atoms with van der Waals surface area (Å²) >= 11 is 0. The molecular weight excluding hydrogens is 326 g/mol. The second-order valence-electron chi connectivity index (χ2n) is 5.42. The number of anilines is 1. The van der Waals surface area contributed by atoms with Gasteiger partial charge in [0.1, 0.15) is 0 Å². The van der Waals surface area contributed by atoms with Crippen molar-refractivity contribution in [2.45, 2.75) is 24.7 Å². The number of ketones is 1. The third-order valence-electron chi connectivity index (χ3n) is 3.49. The lowest BCUT2D eigenvalue weighted by Gasteiger charge is -2.07. The molecule has 0 radical (unpaired) electrons. The number of carbonyl (C=O) groups is 2. The van der Waals surface area contributed by atoms with Crippen molar-refractivity contribution in [3.05, 3.63) is 60.2 Å². The van der Waals surface area contributed by atoms with Gasteiger partial charge >= 0.3 is 0 Å². The van der Waals surface area contributed by atoms with Gasteiger partial charge in [0.05, 0.1) is 10.6 Å². The highest BCUT2D eigenvalue weighted by molar-refractivity contribution is 7.91. The molecule has 0 fully saturated rings. The Bertz CT molecular complexity index is 812. The normalized spacial score (nSPS) is 11.0. The molecule has 6 heteroatoms. The van der Waals surface area contributed by atoms with Crippen LogP contribution in [-0.4, -0.2) is 25.9 Å². The van der Waals surface area contributed by atoms with Crippen molar-refractivity contribution in [1.82, 2.24) is 0 Å². The molecule has 2 aromatic carbocycles. The van der Waals surface area contributed by atoms with Crippen molar-refractivity contribution in [2.75, 3.05) is 11.1 Å². The van der Waals surface area contributed by atoms with Crippen LogP contribution >= 0.6 is 0 Å². The largest absolute Gasteiger partial charge is 0.326 e. The predicted octanol–water partition coefficient (Wildman–Crippen LogP) is 3.08. The first-order chi connectivity index (χ1) is 11.4. The van der Waals surface area contributed by atoms with Crippen LogP contribution in [0.2, 0.25) is 0 Å². The molecule has 0 spiro atoms. The molecule has 0 aliphatic rings. The highest BCUT2D eigenvalue weighted by Gasteiger charge is 2.14. The number of sulfone groups is 1. The topological polar surface area (TPSA) is 80.3 Å². The molecule has 2 aromatic rings. The summed E-state index contributed by atoms with van der Waals surface area (Å²) in [6.07, 6.45) is 0.356. The van der Waals surface area contributed by atoms with E-state index in [0.717, 1.165) is 0 Å². The van der Waals surface area contributed by atoms with E-state index in [4.69, 9.17) is 0 Å². The van der Waals surface area contributed by atoms with Gasteiger partial charge in [-0.25, -0.2) is 8.42 Å². The summed E-state index contributed by atoms with van der Waals surface area (Å²) in [5.41, 5.74) is 1.15. The highest BCUT2D eigenvalue weighted by atomic mass is 32.2. The first-order valence-corrected chi connectivity index (χ1v) is 9.22. The van der Waals surface area contributed by atoms with Crippen LogP contribution < -0.4 is 5.32 Å². The van der Waals surface area contributed by atoms with Crippen LogP contribution in [-0.2, 0) is 14.6 Å². The standard InChI is InChI=1S/C18H19NO4S/c1-14(20)15-9-11-16(12-10-15)19-18(21)8-5-13-24(22,23)17-6-3-2-4-7-17/h2-4,6-7,9-12H,5,8,13H2,1H3,(H,19,21). The second kappa shape index (κ2) is 7.88. The Morgan fingerprint density at radius 2 is 1.58 bits per heavy atom. The van der Waals surface area contributed by atoms with E-state index in [0.29, 0.717) is 11.3 Å². The molecule has 0 saturated carbocycles. The summed E-state index contributed by atoms with van der Waals surface area (Å²) in [6, 6.07) is 14.8. The molecule has 5 nitrogen and oxygen atoms in total. The molecule has 1 amide bonds.